The van der Waals surface area contributed by atoms with Gasteiger partial charge in [0.15, 0.2) is 0 Å². The van der Waals surface area contributed by atoms with Gasteiger partial charge in [-0.15, -0.1) is 0 Å². The van der Waals surface area contributed by atoms with Gasteiger partial charge in [-0.3, -0.25) is 5.10 Å². The number of benzene rings is 3. The standard InChI is InChI=1S/C31H29N6/c1-2-6-26-25(5-1)34-30(31(35-26)28-17-18-33-36-28)23-13-9-21(10-14-23)19-22-11-15-24(16-12-22)37-20-32-27-7-3-4-8-29(27)37/h1-10,13-14,17-18,20,22,24,32H,11-12,15-16,19H2,(H,33,36). The van der Waals surface area contributed by atoms with Gasteiger partial charge in [-0.1, -0.05) is 48.5 Å². The average Bonchev–Trinajstić information content (AvgIpc) is 3.64. The van der Waals surface area contributed by atoms with E-state index in [4.69, 9.17) is 9.97 Å². The second kappa shape index (κ2) is 9.36. The van der Waals surface area contributed by atoms with Crippen LogP contribution in [-0.4, -0.2) is 26.2 Å². The molecular formula is C31H29N6. The Kier molecular flexibility index (Phi) is 5.57. The molecule has 7 rings (SSSR count). The Balaban J connectivity index is 1.06. The van der Waals surface area contributed by atoms with E-state index in [2.05, 4.69) is 75.6 Å². The fraction of sp³-hybridized carbons (Fsp3) is 0.226. The summed E-state index contributed by atoms with van der Waals surface area (Å²) >= 11 is 0. The fourth-order valence-electron chi connectivity index (χ4n) is 5.87. The van der Waals surface area contributed by atoms with Crippen LogP contribution >= 0.6 is 0 Å². The fourth-order valence-corrected chi connectivity index (χ4v) is 5.87. The number of H-pyrrole nitrogens is 1. The SMILES string of the molecule is [CH]1Nc2ccccc2N1C1CCC(Cc2ccc(-c3nc4ccccc4nc3-c3ccn[nH]3)cc2)CC1. The average molecular weight is 486 g/mol. The van der Waals surface area contributed by atoms with E-state index >= 15 is 0 Å². The Hall–Kier alpha value is -4.19. The molecule has 6 heteroatoms. The first kappa shape index (κ1) is 22.0. The van der Waals surface area contributed by atoms with Crippen molar-refractivity contribution in [3.05, 3.63) is 97.3 Å². The van der Waals surface area contributed by atoms with Gasteiger partial charge < -0.3 is 10.2 Å². The maximum Gasteiger partial charge on any atom is 0.139 e. The quantitative estimate of drug-likeness (QED) is 0.285. The third kappa shape index (κ3) is 4.22. The summed E-state index contributed by atoms with van der Waals surface area (Å²) in [5.74, 6) is 0.730. The van der Waals surface area contributed by atoms with Gasteiger partial charge in [-0.2, -0.15) is 5.10 Å². The highest BCUT2D eigenvalue weighted by atomic mass is 15.3. The van der Waals surface area contributed by atoms with E-state index in [-0.39, 0.29) is 0 Å². The Bertz CT molecular complexity index is 1520. The molecule has 0 bridgehead atoms. The predicted octanol–water partition coefficient (Wildman–Crippen LogP) is 6.84. The Morgan fingerprint density at radius 2 is 1.49 bits per heavy atom. The molecule has 37 heavy (non-hydrogen) atoms. The zero-order valence-corrected chi connectivity index (χ0v) is 20.6. The first-order valence-corrected chi connectivity index (χ1v) is 13.1. The van der Waals surface area contributed by atoms with Crippen LogP contribution in [0, 0.1) is 12.6 Å². The molecule has 183 valence electrons. The maximum atomic E-state index is 4.99. The normalized spacial score (nSPS) is 19.1. The number of anilines is 2. The summed E-state index contributed by atoms with van der Waals surface area (Å²) in [6.07, 6.45) is 7.87. The molecule has 1 aliphatic carbocycles. The van der Waals surface area contributed by atoms with Crippen LogP contribution in [0.5, 0.6) is 0 Å². The van der Waals surface area contributed by atoms with Gasteiger partial charge >= 0.3 is 0 Å². The summed E-state index contributed by atoms with van der Waals surface area (Å²) in [7, 11) is 0. The number of nitrogens with zero attached hydrogens (tertiary/aromatic N) is 4. The van der Waals surface area contributed by atoms with Crippen LogP contribution in [-0.2, 0) is 6.42 Å². The summed E-state index contributed by atoms with van der Waals surface area (Å²) in [6, 6.07) is 28.1. The first-order chi connectivity index (χ1) is 18.3. The molecule has 0 atom stereocenters. The van der Waals surface area contributed by atoms with E-state index in [0.29, 0.717) is 6.04 Å². The third-order valence-electron chi connectivity index (χ3n) is 7.83. The molecular weight excluding hydrogens is 456 g/mol. The molecule has 3 heterocycles. The Morgan fingerprint density at radius 1 is 0.757 bits per heavy atom. The minimum atomic E-state index is 0.585. The summed E-state index contributed by atoms with van der Waals surface area (Å²) in [4.78, 5) is 12.4. The first-order valence-electron chi connectivity index (χ1n) is 13.1. The molecule has 0 spiro atoms. The lowest BCUT2D eigenvalue weighted by Crippen LogP contribution is -2.35. The lowest BCUT2D eigenvalue weighted by atomic mass is 9.81. The van der Waals surface area contributed by atoms with Crippen LogP contribution < -0.4 is 10.2 Å². The van der Waals surface area contributed by atoms with Crippen molar-refractivity contribution in [2.24, 2.45) is 5.92 Å². The van der Waals surface area contributed by atoms with Crippen molar-refractivity contribution in [2.75, 3.05) is 10.2 Å². The number of aromatic nitrogens is 4. The molecule has 6 nitrogen and oxygen atoms in total. The summed E-state index contributed by atoms with van der Waals surface area (Å²) < 4.78 is 0. The highest BCUT2D eigenvalue weighted by molar-refractivity contribution is 5.85. The van der Waals surface area contributed by atoms with Crippen LogP contribution in [0.4, 0.5) is 11.4 Å². The number of hydrogen-bond acceptors (Lipinski definition) is 5. The van der Waals surface area contributed by atoms with E-state index in [0.717, 1.165) is 46.0 Å². The van der Waals surface area contributed by atoms with Gasteiger partial charge in [-0.25, -0.2) is 9.97 Å². The molecule has 1 fully saturated rings. The Morgan fingerprint density at radius 3 is 2.24 bits per heavy atom. The predicted molar refractivity (Wildman–Crippen MR) is 149 cm³/mol. The molecule has 0 saturated heterocycles. The van der Waals surface area contributed by atoms with Gasteiger partial charge in [-0.05, 0) is 73.9 Å². The third-order valence-corrected chi connectivity index (χ3v) is 7.83. The van der Waals surface area contributed by atoms with Gasteiger partial charge in [0, 0.05) is 17.8 Å². The minimum absolute atomic E-state index is 0.585. The molecule has 3 aromatic carbocycles. The largest absolute Gasteiger partial charge is 0.360 e. The zero-order chi connectivity index (χ0) is 24.6. The number of aromatic amines is 1. The van der Waals surface area contributed by atoms with Crippen molar-refractivity contribution in [3.8, 4) is 22.6 Å². The zero-order valence-electron chi connectivity index (χ0n) is 20.6. The number of hydrogen-bond donors (Lipinski definition) is 2. The summed E-state index contributed by atoms with van der Waals surface area (Å²) in [5, 5.41) is 10.6. The van der Waals surface area contributed by atoms with Gasteiger partial charge in [0.1, 0.15) is 12.4 Å². The van der Waals surface area contributed by atoms with Crippen molar-refractivity contribution in [1.29, 1.82) is 0 Å². The highest BCUT2D eigenvalue weighted by Crippen LogP contribution is 2.39. The van der Waals surface area contributed by atoms with Crippen LogP contribution in [0.15, 0.2) is 85.1 Å². The summed E-state index contributed by atoms with van der Waals surface area (Å²) in [5.41, 5.74) is 9.37. The highest BCUT2D eigenvalue weighted by Gasteiger charge is 2.30. The molecule has 0 amide bonds. The van der Waals surface area contributed by atoms with Crippen molar-refractivity contribution < 1.29 is 0 Å². The van der Waals surface area contributed by atoms with Crippen molar-refractivity contribution in [3.63, 3.8) is 0 Å². The number of fused-ring (bicyclic) bond motifs is 2. The molecule has 0 unspecified atom stereocenters. The molecule has 2 N–H and O–H groups in total. The number of nitrogens with one attached hydrogen (secondary N) is 2. The van der Waals surface area contributed by atoms with Crippen LogP contribution in [0.1, 0.15) is 31.2 Å². The van der Waals surface area contributed by atoms with Gasteiger partial charge in [0.05, 0.1) is 33.8 Å². The molecule has 1 saturated carbocycles. The van der Waals surface area contributed by atoms with E-state index in [1.807, 2.05) is 30.3 Å². The van der Waals surface area contributed by atoms with E-state index in [1.54, 1.807) is 6.20 Å². The second-order valence-electron chi connectivity index (χ2n) is 10.2. The monoisotopic (exact) mass is 485 g/mol. The maximum absolute atomic E-state index is 4.99. The summed E-state index contributed by atoms with van der Waals surface area (Å²) in [6.45, 7) is 2.15. The minimum Gasteiger partial charge on any atom is -0.360 e. The van der Waals surface area contributed by atoms with Crippen molar-refractivity contribution in [1.82, 2.24) is 20.2 Å². The molecule has 1 radical (unpaired) electrons. The lowest BCUT2D eigenvalue weighted by Gasteiger charge is -2.35. The van der Waals surface area contributed by atoms with E-state index < -0.39 is 0 Å². The molecule has 5 aromatic rings. The molecule has 2 aliphatic rings. The van der Waals surface area contributed by atoms with Crippen molar-refractivity contribution in [2.45, 2.75) is 38.1 Å². The topological polar surface area (TPSA) is 69.7 Å². The number of rotatable bonds is 5. The smallest absolute Gasteiger partial charge is 0.139 e. The van der Waals surface area contributed by atoms with E-state index in [1.165, 1.54) is 42.6 Å². The van der Waals surface area contributed by atoms with Crippen molar-refractivity contribution >= 4 is 22.4 Å². The van der Waals surface area contributed by atoms with E-state index in [9.17, 15) is 0 Å². The molecule has 2 aromatic heterocycles. The van der Waals surface area contributed by atoms with Gasteiger partial charge in [0.2, 0.25) is 0 Å². The molecule has 1 aliphatic heterocycles. The van der Waals surface area contributed by atoms with Gasteiger partial charge in [0.25, 0.3) is 0 Å². The lowest BCUT2D eigenvalue weighted by molar-refractivity contribution is 0.320. The van der Waals surface area contributed by atoms with Crippen LogP contribution in [0.3, 0.4) is 0 Å². The second-order valence-corrected chi connectivity index (χ2v) is 10.2. The Labute approximate surface area is 216 Å². The van der Waals surface area contributed by atoms with Crippen LogP contribution in [0.2, 0.25) is 0 Å². The van der Waals surface area contributed by atoms with Crippen LogP contribution in [0.25, 0.3) is 33.7 Å². The number of para-hydroxylation sites is 4.